The third-order valence-electron chi connectivity index (χ3n) is 2.66. The Hall–Kier alpha value is -0.0900. The Balaban J connectivity index is 2.38. The molecular weight excluding hydrogens is 254 g/mol. The third kappa shape index (κ3) is 6.41. The molecule has 98 valence electrons. The first kappa shape index (κ1) is 15.0. The summed E-state index contributed by atoms with van der Waals surface area (Å²) in [5.74, 6) is 0. The molecule has 1 aromatic rings. The highest BCUT2D eigenvalue weighted by molar-refractivity contribution is 7.16. The van der Waals surface area contributed by atoms with Crippen LogP contribution in [0, 0.1) is 0 Å². The van der Waals surface area contributed by atoms with Crippen LogP contribution in [0.1, 0.15) is 31.1 Å². The molecule has 0 fully saturated rings. The summed E-state index contributed by atoms with van der Waals surface area (Å²) in [5, 5.41) is 3.59. The number of hydrogen-bond acceptors (Lipinski definition) is 3. The molecule has 1 N–H and O–H groups in total. The maximum atomic E-state index is 5.95. The number of ether oxygens (including phenoxy) is 1. The molecule has 0 aliphatic carbocycles. The van der Waals surface area contributed by atoms with Gasteiger partial charge in [0, 0.05) is 24.6 Å². The maximum absolute atomic E-state index is 5.95. The number of halogens is 1. The van der Waals surface area contributed by atoms with Crippen LogP contribution in [0.5, 0.6) is 0 Å². The molecule has 1 unspecified atom stereocenters. The van der Waals surface area contributed by atoms with E-state index in [2.05, 4.69) is 18.3 Å². The summed E-state index contributed by atoms with van der Waals surface area (Å²) in [4.78, 5) is 1.36. The fourth-order valence-corrected chi connectivity index (χ4v) is 2.97. The molecular formula is C13H22ClNOS. The van der Waals surface area contributed by atoms with E-state index in [-0.39, 0.29) is 0 Å². The minimum absolute atomic E-state index is 0.541. The lowest BCUT2D eigenvalue weighted by Crippen LogP contribution is -2.31. The van der Waals surface area contributed by atoms with E-state index in [0.29, 0.717) is 6.04 Å². The number of thiophene rings is 1. The normalized spacial score (nSPS) is 12.9. The van der Waals surface area contributed by atoms with Gasteiger partial charge in [0.05, 0.1) is 4.34 Å². The number of methoxy groups -OCH3 is 1. The van der Waals surface area contributed by atoms with Crippen molar-refractivity contribution >= 4 is 22.9 Å². The van der Waals surface area contributed by atoms with Gasteiger partial charge in [-0.15, -0.1) is 11.3 Å². The minimum atomic E-state index is 0.541. The molecule has 0 saturated heterocycles. The highest BCUT2D eigenvalue weighted by atomic mass is 35.5. The molecule has 1 heterocycles. The monoisotopic (exact) mass is 275 g/mol. The molecule has 1 rings (SSSR count). The van der Waals surface area contributed by atoms with Gasteiger partial charge >= 0.3 is 0 Å². The quantitative estimate of drug-likeness (QED) is 0.693. The second-order valence-electron chi connectivity index (χ2n) is 4.20. The fraction of sp³-hybridized carbons (Fsp3) is 0.692. The van der Waals surface area contributed by atoms with Crippen molar-refractivity contribution in [3.8, 4) is 0 Å². The van der Waals surface area contributed by atoms with E-state index in [9.17, 15) is 0 Å². The lowest BCUT2D eigenvalue weighted by Gasteiger charge is -2.17. The van der Waals surface area contributed by atoms with Crippen molar-refractivity contribution < 1.29 is 4.74 Å². The number of rotatable bonds is 9. The van der Waals surface area contributed by atoms with Gasteiger partial charge in [-0.05, 0) is 44.4 Å². The second kappa shape index (κ2) is 8.92. The molecule has 0 aliphatic rings. The van der Waals surface area contributed by atoms with Crippen molar-refractivity contribution in [3.05, 3.63) is 21.3 Å². The lowest BCUT2D eigenvalue weighted by molar-refractivity contribution is 0.188. The summed E-state index contributed by atoms with van der Waals surface area (Å²) in [6.07, 6.45) is 4.51. The zero-order chi connectivity index (χ0) is 12.5. The molecule has 2 nitrogen and oxygen atoms in total. The minimum Gasteiger partial charge on any atom is -0.385 e. The average Bonchev–Trinajstić information content (AvgIpc) is 2.72. The summed E-state index contributed by atoms with van der Waals surface area (Å²) in [6, 6.07) is 4.65. The zero-order valence-electron chi connectivity index (χ0n) is 10.7. The van der Waals surface area contributed by atoms with Crippen LogP contribution >= 0.6 is 22.9 Å². The molecule has 17 heavy (non-hydrogen) atoms. The predicted octanol–water partition coefficient (Wildman–Crippen LogP) is 3.74. The molecule has 0 spiro atoms. The van der Waals surface area contributed by atoms with Crippen LogP contribution in [-0.2, 0) is 11.2 Å². The van der Waals surface area contributed by atoms with E-state index in [0.717, 1.165) is 36.8 Å². The highest BCUT2D eigenvalue weighted by Crippen LogP contribution is 2.23. The lowest BCUT2D eigenvalue weighted by atomic mass is 10.1. The summed E-state index contributed by atoms with van der Waals surface area (Å²) in [6.45, 7) is 4.12. The molecule has 0 bridgehead atoms. The van der Waals surface area contributed by atoms with Crippen molar-refractivity contribution in [1.82, 2.24) is 5.32 Å². The van der Waals surface area contributed by atoms with Gasteiger partial charge in [0.15, 0.2) is 0 Å². The van der Waals surface area contributed by atoms with E-state index >= 15 is 0 Å². The van der Waals surface area contributed by atoms with Gasteiger partial charge < -0.3 is 10.1 Å². The molecule has 1 aromatic heterocycles. The van der Waals surface area contributed by atoms with Crippen molar-refractivity contribution in [2.45, 2.75) is 38.6 Å². The molecule has 0 saturated carbocycles. The summed E-state index contributed by atoms with van der Waals surface area (Å²) in [7, 11) is 1.76. The zero-order valence-corrected chi connectivity index (χ0v) is 12.2. The molecule has 0 aromatic carbocycles. The van der Waals surface area contributed by atoms with Crippen LogP contribution in [0.3, 0.4) is 0 Å². The Morgan fingerprint density at radius 3 is 2.88 bits per heavy atom. The van der Waals surface area contributed by atoms with Gasteiger partial charge in [-0.2, -0.15) is 0 Å². The summed E-state index contributed by atoms with van der Waals surface area (Å²) in [5.41, 5.74) is 0. The second-order valence-corrected chi connectivity index (χ2v) is 6.00. The van der Waals surface area contributed by atoms with Gasteiger partial charge in [-0.25, -0.2) is 0 Å². The predicted molar refractivity (Wildman–Crippen MR) is 76.2 cm³/mol. The van der Waals surface area contributed by atoms with E-state index < -0.39 is 0 Å². The first-order chi connectivity index (χ1) is 8.26. The van der Waals surface area contributed by atoms with Crippen LogP contribution in [0.25, 0.3) is 0 Å². The molecule has 4 heteroatoms. The Kier molecular flexibility index (Phi) is 7.86. The van der Waals surface area contributed by atoms with E-state index in [1.807, 2.05) is 6.07 Å². The standard InChI is InChI=1S/C13H22ClNOS/c1-3-8-15-11(5-4-9-16-2)10-12-6-7-13(14)17-12/h6-7,11,15H,3-5,8-10H2,1-2H3. The number of nitrogens with one attached hydrogen (secondary N) is 1. The van der Waals surface area contributed by atoms with Crippen molar-refractivity contribution in [2.24, 2.45) is 0 Å². The van der Waals surface area contributed by atoms with Gasteiger partial charge in [-0.1, -0.05) is 18.5 Å². The third-order valence-corrected chi connectivity index (χ3v) is 3.91. The SMILES string of the molecule is CCCNC(CCCOC)Cc1ccc(Cl)s1. The Morgan fingerprint density at radius 2 is 2.29 bits per heavy atom. The Morgan fingerprint density at radius 1 is 1.47 bits per heavy atom. The van der Waals surface area contributed by atoms with E-state index in [1.54, 1.807) is 18.4 Å². The highest BCUT2D eigenvalue weighted by Gasteiger charge is 2.10. The smallest absolute Gasteiger partial charge is 0.0931 e. The maximum Gasteiger partial charge on any atom is 0.0931 e. The van der Waals surface area contributed by atoms with Crippen LogP contribution in [0.4, 0.5) is 0 Å². The molecule has 0 aliphatic heterocycles. The van der Waals surface area contributed by atoms with Gasteiger partial charge in [0.1, 0.15) is 0 Å². The van der Waals surface area contributed by atoms with Crippen LogP contribution in [0.2, 0.25) is 4.34 Å². The van der Waals surface area contributed by atoms with E-state index in [4.69, 9.17) is 16.3 Å². The first-order valence-electron chi connectivity index (χ1n) is 6.22. The fourth-order valence-electron chi connectivity index (χ4n) is 1.80. The first-order valence-corrected chi connectivity index (χ1v) is 7.42. The van der Waals surface area contributed by atoms with Gasteiger partial charge in [-0.3, -0.25) is 0 Å². The van der Waals surface area contributed by atoms with Gasteiger partial charge in [0.2, 0.25) is 0 Å². The van der Waals surface area contributed by atoms with Crippen molar-refractivity contribution in [3.63, 3.8) is 0 Å². The van der Waals surface area contributed by atoms with Gasteiger partial charge in [0.25, 0.3) is 0 Å². The average molecular weight is 276 g/mol. The largest absolute Gasteiger partial charge is 0.385 e. The van der Waals surface area contributed by atoms with Crippen molar-refractivity contribution in [1.29, 1.82) is 0 Å². The number of hydrogen-bond donors (Lipinski definition) is 1. The molecule has 0 amide bonds. The van der Waals surface area contributed by atoms with Crippen molar-refractivity contribution in [2.75, 3.05) is 20.3 Å². The summed E-state index contributed by atoms with van der Waals surface area (Å²) >= 11 is 7.64. The molecule has 0 radical (unpaired) electrons. The van der Waals surface area contributed by atoms with Crippen LogP contribution in [-0.4, -0.2) is 26.3 Å². The van der Waals surface area contributed by atoms with Crippen LogP contribution in [0.15, 0.2) is 12.1 Å². The van der Waals surface area contributed by atoms with E-state index in [1.165, 1.54) is 11.3 Å². The van der Waals surface area contributed by atoms with Crippen LogP contribution < -0.4 is 5.32 Å². The Bertz CT molecular complexity index is 303. The summed E-state index contributed by atoms with van der Waals surface area (Å²) < 4.78 is 5.99. The Labute approximate surface area is 113 Å². The topological polar surface area (TPSA) is 21.3 Å². The molecule has 1 atom stereocenters.